The van der Waals surface area contributed by atoms with Gasteiger partial charge >= 0.3 is 0 Å². The number of benzene rings is 2. The smallest absolute Gasteiger partial charge is 0.162 e. The molecule has 0 amide bonds. The lowest BCUT2D eigenvalue weighted by Gasteiger charge is -2.08. The lowest BCUT2D eigenvalue weighted by molar-refractivity contribution is 0.303. The van der Waals surface area contributed by atoms with Crippen LogP contribution in [0.3, 0.4) is 0 Å². The summed E-state index contributed by atoms with van der Waals surface area (Å²) >= 11 is 0. The topological polar surface area (TPSA) is 29.5 Å². The van der Waals surface area contributed by atoms with Crippen LogP contribution >= 0.6 is 0 Å². The summed E-state index contributed by atoms with van der Waals surface area (Å²) in [6.07, 6.45) is 0. The molecule has 0 heterocycles. The Morgan fingerprint density at radius 3 is 2.52 bits per heavy atom. The highest BCUT2D eigenvalue weighted by molar-refractivity contribution is 5.41. The quantitative estimate of drug-likeness (QED) is 0.881. The van der Waals surface area contributed by atoms with Crippen LogP contribution in [0.5, 0.6) is 5.75 Å². The minimum absolute atomic E-state index is 0.0147. The Bertz CT molecular complexity index is 702. The summed E-state index contributed by atoms with van der Waals surface area (Å²) in [5, 5.41) is 8.68. The number of rotatable bonds is 3. The van der Waals surface area contributed by atoms with Crippen molar-refractivity contribution < 1.29 is 23.0 Å². The second-order valence-corrected chi connectivity index (χ2v) is 4.13. The van der Waals surface area contributed by atoms with Crippen molar-refractivity contribution in [3.8, 4) is 17.6 Å². The van der Waals surface area contributed by atoms with Crippen LogP contribution in [0.15, 0.2) is 36.4 Å². The summed E-state index contributed by atoms with van der Waals surface area (Å²) in [5.74, 6) is 2.75. The summed E-state index contributed by atoms with van der Waals surface area (Å²) in [7, 11) is 0. The summed E-state index contributed by atoms with van der Waals surface area (Å²) < 4.78 is 44.3. The van der Waals surface area contributed by atoms with E-state index < -0.39 is 17.5 Å². The molecule has 0 atom stereocenters. The second kappa shape index (κ2) is 6.82. The summed E-state index contributed by atoms with van der Waals surface area (Å²) in [4.78, 5) is 0. The highest BCUT2D eigenvalue weighted by atomic mass is 19.2. The SMILES string of the molecule is OCC#Cc1cc(F)ccc1COc1ccc(F)c(F)c1. The Labute approximate surface area is 119 Å². The molecule has 0 radical (unpaired) electrons. The highest BCUT2D eigenvalue weighted by Crippen LogP contribution is 2.18. The molecule has 1 N–H and O–H groups in total. The first-order valence-electron chi connectivity index (χ1n) is 6.06. The van der Waals surface area contributed by atoms with E-state index in [4.69, 9.17) is 9.84 Å². The molecular weight excluding hydrogens is 281 g/mol. The van der Waals surface area contributed by atoms with Crippen molar-refractivity contribution >= 4 is 0 Å². The maximum absolute atomic E-state index is 13.2. The van der Waals surface area contributed by atoms with Gasteiger partial charge in [-0.05, 0) is 24.3 Å². The molecular formula is C16H11F3O2. The summed E-state index contributed by atoms with van der Waals surface area (Å²) in [6, 6.07) is 7.12. The standard InChI is InChI=1S/C16H11F3O2/c17-13-4-3-12(11(8-13)2-1-7-20)10-21-14-5-6-15(18)16(19)9-14/h3-6,8-9,20H,7,10H2. The zero-order chi connectivity index (χ0) is 15.2. The van der Waals surface area contributed by atoms with E-state index in [-0.39, 0.29) is 19.0 Å². The van der Waals surface area contributed by atoms with Crippen LogP contribution in [-0.2, 0) is 6.61 Å². The van der Waals surface area contributed by atoms with Crippen LogP contribution in [0, 0.1) is 29.3 Å². The van der Waals surface area contributed by atoms with E-state index in [1.165, 1.54) is 24.3 Å². The van der Waals surface area contributed by atoms with Crippen LogP contribution < -0.4 is 4.74 Å². The van der Waals surface area contributed by atoms with Crippen molar-refractivity contribution in [1.82, 2.24) is 0 Å². The Morgan fingerprint density at radius 1 is 1.00 bits per heavy atom. The summed E-state index contributed by atoms with van der Waals surface area (Å²) in [5.41, 5.74) is 0.939. The van der Waals surface area contributed by atoms with Crippen molar-refractivity contribution in [1.29, 1.82) is 0 Å². The van der Waals surface area contributed by atoms with Crippen LogP contribution in [0.4, 0.5) is 13.2 Å². The van der Waals surface area contributed by atoms with Gasteiger partial charge < -0.3 is 9.84 Å². The molecule has 0 unspecified atom stereocenters. The third-order valence-corrected chi connectivity index (χ3v) is 2.66. The number of hydrogen-bond donors (Lipinski definition) is 1. The van der Waals surface area contributed by atoms with Gasteiger partial charge in [-0.25, -0.2) is 13.2 Å². The van der Waals surface area contributed by atoms with Gasteiger partial charge in [-0.1, -0.05) is 17.9 Å². The lowest BCUT2D eigenvalue weighted by Crippen LogP contribution is -2.00. The van der Waals surface area contributed by atoms with Gasteiger partial charge in [-0.2, -0.15) is 0 Å². The molecule has 108 valence electrons. The van der Waals surface area contributed by atoms with Crippen molar-refractivity contribution in [2.24, 2.45) is 0 Å². The molecule has 0 bridgehead atoms. The van der Waals surface area contributed by atoms with Gasteiger partial charge in [0.1, 0.15) is 24.8 Å². The molecule has 2 nitrogen and oxygen atoms in total. The first-order valence-corrected chi connectivity index (χ1v) is 6.06. The van der Waals surface area contributed by atoms with Gasteiger partial charge in [-0.3, -0.25) is 0 Å². The number of aliphatic hydroxyl groups excluding tert-OH is 1. The Morgan fingerprint density at radius 2 is 1.81 bits per heavy atom. The maximum atomic E-state index is 13.2. The average molecular weight is 292 g/mol. The first-order chi connectivity index (χ1) is 10.1. The lowest BCUT2D eigenvalue weighted by atomic mass is 10.1. The minimum Gasteiger partial charge on any atom is -0.489 e. The first kappa shape index (κ1) is 14.9. The number of ether oxygens (including phenoxy) is 1. The van der Waals surface area contributed by atoms with Gasteiger partial charge in [0.2, 0.25) is 0 Å². The largest absolute Gasteiger partial charge is 0.489 e. The van der Waals surface area contributed by atoms with Crippen LogP contribution in [0.25, 0.3) is 0 Å². The molecule has 0 saturated carbocycles. The fraction of sp³-hybridized carbons (Fsp3) is 0.125. The van der Waals surface area contributed by atoms with Crippen LogP contribution in [0.2, 0.25) is 0 Å². The molecule has 0 aromatic heterocycles. The van der Waals surface area contributed by atoms with Crippen molar-refractivity contribution in [3.63, 3.8) is 0 Å². The fourth-order valence-corrected chi connectivity index (χ4v) is 1.65. The zero-order valence-corrected chi connectivity index (χ0v) is 10.9. The van der Waals surface area contributed by atoms with Gasteiger partial charge in [-0.15, -0.1) is 0 Å². The molecule has 2 rings (SSSR count). The van der Waals surface area contributed by atoms with E-state index in [2.05, 4.69) is 11.8 Å². The van der Waals surface area contributed by atoms with Gasteiger partial charge in [0.25, 0.3) is 0 Å². The number of hydrogen-bond acceptors (Lipinski definition) is 2. The van der Waals surface area contributed by atoms with Crippen LogP contribution in [-0.4, -0.2) is 11.7 Å². The van der Waals surface area contributed by atoms with E-state index in [1.807, 2.05) is 0 Å². The third-order valence-electron chi connectivity index (χ3n) is 2.66. The molecule has 0 spiro atoms. The molecule has 5 heteroatoms. The second-order valence-electron chi connectivity index (χ2n) is 4.13. The summed E-state index contributed by atoms with van der Waals surface area (Å²) in [6.45, 7) is -0.333. The van der Waals surface area contributed by atoms with E-state index in [9.17, 15) is 13.2 Å². The zero-order valence-electron chi connectivity index (χ0n) is 10.9. The molecule has 0 fully saturated rings. The van der Waals surface area contributed by atoms with E-state index >= 15 is 0 Å². The average Bonchev–Trinajstić information content (AvgIpc) is 2.47. The Kier molecular flexibility index (Phi) is 4.85. The third kappa shape index (κ3) is 4.01. The Balaban J connectivity index is 2.17. The van der Waals surface area contributed by atoms with Crippen molar-refractivity contribution in [2.45, 2.75) is 6.61 Å². The molecule has 0 aliphatic carbocycles. The predicted octanol–water partition coefficient (Wildman–Crippen LogP) is 3.03. The molecule has 2 aromatic carbocycles. The van der Waals surface area contributed by atoms with Crippen molar-refractivity contribution in [3.05, 3.63) is 65.0 Å². The molecule has 0 saturated heterocycles. The molecule has 0 aliphatic rings. The Hall–Kier alpha value is -2.45. The highest BCUT2D eigenvalue weighted by Gasteiger charge is 2.06. The number of halogens is 3. The maximum Gasteiger partial charge on any atom is 0.162 e. The monoisotopic (exact) mass is 292 g/mol. The van der Waals surface area contributed by atoms with Gasteiger partial charge in [0.05, 0.1) is 0 Å². The van der Waals surface area contributed by atoms with E-state index in [1.54, 1.807) is 0 Å². The van der Waals surface area contributed by atoms with Gasteiger partial charge in [0, 0.05) is 17.2 Å². The minimum atomic E-state index is -1.01. The van der Waals surface area contributed by atoms with Gasteiger partial charge in [0.15, 0.2) is 11.6 Å². The van der Waals surface area contributed by atoms with E-state index in [0.29, 0.717) is 11.1 Å². The molecule has 0 aliphatic heterocycles. The molecule has 2 aromatic rings. The van der Waals surface area contributed by atoms with E-state index in [0.717, 1.165) is 12.1 Å². The molecule has 21 heavy (non-hydrogen) atoms. The van der Waals surface area contributed by atoms with Crippen molar-refractivity contribution in [2.75, 3.05) is 6.61 Å². The number of aliphatic hydroxyl groups is 1. The van der Waals surface area contributed by atoms with Crippen LogP contribution in [0.1, 0.15) is 11.1 Å². The normalized spacial score (nSPS) is 9.90. The fourth-order valence-electron chi connectivity index (χ4n) is 1.65. The predicted molar refractivity (Wildman–Crippen MR) is 71.1 cm³/mol.